The molecule has 0 aromatic carbocycles. The van der Waals surface area contributed by atoms with Gasteiger partial charge in [0, 0.05) is 6.54 Å². The zero-order valence-electron chi connectivity index (χ0n) is 10.6. The molecule has 0 saturated heterocycles. The molecule has 0 spiro atoms. The standard InChI is InChI=1S/C10H20N2O4.ClH/c1-10(2,3)16-9(15)12-6-5-7(11-4)8(13)14;/h7,11H,5-6H2,1-4H3,(H,12,15)(H,13,14);1H/t7-;/m0./s1. The van der Waals surface area contributed by atoms with E-state index < -0.39 is 23.7 Å². The lowest BCUT2D eigenvalue weighted by Gasteiger charge is -2.20. The van der Waals surface area contributed by atoms with Crippen LogP contribution in [0.2, 0.25) is 0 Å². The van der Waals surface area contributed by atoms with Crippen LogP contribution >= 0.6 is 12.4 Å². The second-order valence-electron chi connectivity index (χ2n) is 4.40. The Morgan fingerprint density at radius 2 is 1.88 bits per heavy atom. The first kappa shape index (κ1) is 18.4. The Kier molecular flexibility index (Phi) is 8.79. The van der Waals surface area contributed by atoms with Crippen molar-refractivity contribution in [1.29, 1.82) is 0 Å². The van der Waals surface area contributed by atoms with E-state index in [4.69, 9.17) is 9.84 Å². The average Bonchev–Trinajstić information content (AvgIpc) is 2.08. The van der Waals surface area contributed by atoms with Gasteiger partial charge in [0.1, 0.15) is 11.6 Å². The molecule has 6 nitrogen and oxygen atoms in total. The van der Waals surface area contributed by atoms with Gasteiger partial charge < -0.3 is 20.5 Å². The summed E-state index contributed by atoms with van der Waals surface area (Å²) >= 11 is 0. The monoisotopic (exact) mass is 268 g/mol. The van der Waals surface area contributed by atoms with Crippen LogP contribution in [-0.2, 0) is 9.53 Å². The Labute approximate surface area is 108 Å². The summed E-state index contributed by atoms with van der Waals surface area (Å²) in [6.45, 7) is 5.55. The smallest absolute Gasteiger partial charge is 0.407 e. The van der Waals surface area contributed by atoms with E-state index in [0.29, 0.717) is 6.42 Å². The summed E-state index contributed by atoms with van der Waals surface area (Å²) in [5.74, 6) is -0.937. The third-order valence-electron chi connectivity index (χ3n) is 1.75. The Morgan fingerprint density at radius 3 is 2.24 bits per heavy atom. The highest BCUT2D eigenvalue weighted by molar-refractivity contribution is 5.85. The predicted octanol–water partition coefficient (Wildman–Crippen LogP) is 0.996. The molecule has 1 amide bonds. The van der Waals surface area contributed by atoms with Gasteiger partial charge in [-0.1, -0.05) is 0 Å². The quantitative estimate of drug-likeness (QED) is 0.692. The van der Waals surface area contributed by atoms with Crippen molar-refractivity contribution < 1.29 is 19.4 Å². The molecule has 0 aliphatic rings. The number of rotatable bonds is 5. The van der Waals surface area contributed by atoms with Gasteiger partial charge in [-0.25, -0.2) is 4.79 Å². The molecule has 0 saturated carbocycles. The molecule has 0 rings (SSSR count). The van der Waals surface area contributed by atoms with Crippen molar-refractivity contribution in [1.82, 2.24) is 10.6 Å². The third-order valence-corrected chi connectivity index (χ3v) is 1.75. The molecule has 0 unspecified atom stereocenters. The molecule has 0 heterocycles. The lowest BCUT2D eigenvalue weighted by Crippen LogP contribution is -2.39. The molecule has 0 aliphatic heterocycles. The number of carboxylic acid groups (broad SMARTS) is 1. The second-order valence-corrected chi connectivity index (χ2v) is 4.40. The highest BCUT2D eigenvalue weighted by Crippen LogP contribution is 2.06. The Morgan fingerprint density at radius 1 is 1.35 bits per heavy atom. The Hall–Kier alpha value is -1.01. The van der Waals surface area contributed by atoms with Gasteiger partial charge >= 0.3 is 12.1 Å². The van der Waals surface area contributed by atoms with Crippen molar-refractivity contribution in [2.24, 2.45) is 0 Å². The molecule has 7 heteroatoms. The van der Waals surface area contributed by atoms with Gasteiger partial charge in [-0.3, -0.25) is 4.79 Å². The van der Waals surface area contributed by atoms with Gasteiger partial charge in [-0.05, 0) is 34.2 Å². The van der Waals surface area contributed by atoms with Crippen LogP contribution in [-0.4, -0.2) is 42.4 Å². The number of carbonyl (C=O) groups excluding carboxylic acids is 1. The number of hydrogen-bond acceptors (Lipinski definition) is 4. The molecule has 0 bridgehead atoms. The summed E-state index contributed by atoms with van der Waals surface area (Å²) in [6, 6.07) is -0.657. The van der Waals surface area contributed by atoms with E-state index in [2.05, 4.69) is 10.6 Å². The summed E-state index contributed by atoms with van der Waals surface area (Å²) in [6.07, 6.45) is -0.224. The van der Waals surface area contributed by atoms with Gasteiger partial charge in [0.05, 0.1) is 0 Å². The number of ether oxygens (including phenoxy) is 1. The number of alkyl carbamates (subject to hydrolysis) is 1. The molecule has 1 atom stereocenters. The minimum atomic E-state index is -0.937. The van der Waals surface area contributed by atoms with Crippen molar-refractivity contribution in [3.05, 3.63) is 0 Å². The SMILES string of the molecule is CN[C@@H](CCNC(=O)OC(C)(C)C)C(=O)O.Cl. The van der Waals surface area contributed by atoms with Gasteiger partial charge in [0.15, 0.2) is 0 Å². The largest absolute Gasteiger partial charge is 0.480 e. The number of amides is 1. The number of likely N-dealkylation sites (N-methyl/N-ethyl adjacent to an activating group) is 1. The fraction of sp³-hybridized carbons (Fsp3) is 0.800. The number of aliphatic carboxylic acids is 1. The van der Waals surface area contributed by atoms with Crippen LogP contribution in [0.15, 0.2) is 0 Å². The lowest BCUT2D eigenvalue weighted by atomic mass is 10.2. The average molecular weight is 269 g/mol. The van der Waals surface area contributed by atoms with Gasteiger partial charge in [0.2, 0.25) is 0 Å². The van der Waals surface area contributed by atoms with Gasteiger partial charge in [-0.15, -0.1) is 12.4 Å². The maximum absolute atomic E-state index is 11.2. The van der Waals surface area contributed by atoms with Gasteiger partial charge in [0.25, 0.3) is 0 Å². The van der Waals surface area contributed by atoms with Crippen molar-refractivity contribution in [3.63, 3.8) is 0 Å². The Bertz CT molecular complexity index is 253. The number of halogens is 1. The first-order valence-electron chi connectivity index (χ1n) is 5.13. The Balaban J connectivity index is 0. The predicted molar refractivity (Wildman–Crippen MR) is 66.6 cm³/mol. The zero-order chi connectivity index (χ0) is 12.8. The summed E-state index contributed by atoms with van der Waals surface area (Å²) in [7, 11) is 1.56. The number of hydrogen-bond donors (Lipinski definition) is 3. The topological polar surface area (TPSA) is 87.7 Å². The molecule has 0 aromatic rings. The van der Waals surface area contributed by atoms with Crippen LogP contribution in [0.1, 0.15) is 27.2 Å². The van der Waals surface area contributed by atoms with Gasteiger partial charge in [-0.2, -0.15) is 0 Å². The van der Waals surface area contributed by atoms with E-state index in [1.807, 2.05) is 0 Å². The van der Waals surface area contributed by atoms with Crippen molar-refractivity contribution in [2.75, 3.05) is 13.6 Å². The van der Waals surface area contributed by atoms with Crippen molar-refractivity contribution in [2.45, 2.75) is 38.8 Å². The van der Waals surface area contributed by atoms with E-state index in [1.54, 1.807) is 27.8 Å². The molecule has 0 aromatic heterocycles. The molecule has 3 N–H and O–H groups in total. The van der Waals surface area contributed by atoms with E-state index in [-0.39, 0.29) is 19.0 Å². The summed E-state index contributed by atoms with van der Waals surface area (Å²) in [5.41, 5.74) is -0.542. The molecule has 0 aliphatic carbocycles. The van der Waals surface area contributed by atoms with E-state index in [0.717, 1.165) is 0 Å². The first-order chi connectivity index (χ1) is 7.26. The van der Waals surface area contributed by atoms with Crippen molar-refractivity contribution in [3.8, 4) is 0 Å². The minimum absolute atomic E-state index is 0. The summed E-state index contributed by atoms with van der Waals surface area (Å²) < 4.78 is 5.00. The number of carboxylic acids is 1. The van der Waals surface area contributed by atoms with Crippen LogP contribution in [0.5, 0.6) is 0 Å². The van der Waals surface area contributed by atoms with E-state index in [9.17, 15) is 9.59 Å². The van der Waals surface area contributed by atoms with Crippen LogP contribution in [0, 0.1) is 0 Å². The van der Waals surface area contributed by atoms with Crippen LogP contribution < -0.4 is 10.6 Å². The molecular formula is C10H21ClN2O4. The van der Waals surface area contributed by atoms with Crippen LogP contribution in [0.25, 0.3) is 0 Å². The first-order valence-corrected chi connectivity index (χ1v) is 5.13. The van der Waals surface area contributed by atoms with E-state index >= 15 is 0 Å². The fourth-order valence-electron chi connectivity index (χ4n) is 1.02. The summed E-state index contributed by atoms with van der Waals surface area (Å²) in [4.78, 5) is 21.8. The number of carbonyl (C=O) groups is 2. The molecule has 102 valence electrons. The van der Waals surface area contributed by atoms with Crippen molar-refractivity contribution >= 4 is 24.5 Å². The normalized spacial score (nSPS) is 12.2. The third kappa shape index (κ3) is 9.89. The molecule has 0 fully saturated rings. The number of nitrogens with one attached hydrogen (secondary N) is 2. The van der Waals surface area contributed by atoms with Crippen LogP contribution in [0.3, 0.4) is 0 Å². The van der Waals surface area contributed by atoms with E-state index in [1.165, 1.54) is 0 Å². The summed E-state index contributed by atoms with van der Waals surface area (Å²) in [5, 5.41) is 13.8. The molecule has 0 radical (unpaired) electrons. The maximum Gasteiger partial charge on any atom is 0.407 e. The minimum Gasteiger partial charge on any atom is -0.480 e. The zero-order valence-corrected chi connectivity index (χ0v) is 11.4. The molecular weight excluding hydrogens is 248 g/mol. The fourth-order valence-corrected chi connectivity index (χ4v) is 1.02. The second kappa shape index (κ2) is 8.14. The molecule has 17 heavy (non-hydrogen) atoms. The highest BCUT2D eigenvalue weighted by Gasteiger charge is 2.17. The lowest BCUT2D eigenvalue weighted by molar-refractivity contribution is -0.139. The highest BCUT2D eigenvalue weighted by atomic mass is 35.5. The van der Waals surface area contributed by atoms with Crippen LogP contribution in [0.4, 0.5) is 4.79 Å². The maximum atomic E-state index is 11.2.